The zero-order valence-electron chi connectivity index (χ0n) is 10.3. The van der Waals surface area contributed by atoms with E-state index in [1.807, 2.05) is 42.2 Å². The summed E-state index contributed by atoms with van der Waals surface area (Å²) in [7, 11) is 0. The molecule has 1 atom stereocenters. The number of hydrogen-bond acceptors (Lipinski definition) is 2. The summed E-state index contributed by atoms with van der Waals surface area (Å²) in [6.07, 6.45) is 10.0. The molecule has 1 aliphatic heterocycles. The quantitative estimate of drug-likeness (QED) is 0.724. The molecule has 0 radical (unpaired) electrons. The van der Waals surface area contributed by atoms with Crippen molar-refractivity contribution in [3.8, 4) is 0 Å². The van der Waals surface area contributed by atoms with E-state index in [1.165, 1.54) is 0 Å². The third-order valence-corrected chi connectivity index (χ3v) is 2.50. The molecular formula is C13H18N2O. The number of rotatable bonds is 1. The van der Waals surface area contributed by atoms with Gasteiger partial charge in [-0.1, -0.05) is 6.08 Å². The first-order chi connectivity index (χ1) is 7.47. The van der Waals surface area contributed by atoms with Crippen LogP contribution in [0.4, 0.5) is 0 Å². The number of hydrogen-bond donors (Lipinski definition) is 0. The first-order valence-electron chi connectivity index (χ1n) is 5.57. The second kappa shape index (κ2) is 3.81. The van der Waals surface area contributed by atoms with Crippen molar-refractivity contribution in [2.24, 2.45) is 0 Å². The molecule has 0 aliphatic carbocycles. The number of nitrogens with zero attached hydrogens (tertiary/aromatic N) is 2. The molecule has 3 nitrogen and oxygen atoms in total. The zero-order chi connectivity index (χ0) is 11.8. The molecule has 0 fully saturated rings. The first-order valence-corrected chi connectivity index (χ1v) is 5.57. The Morgan fingerprint density at radius 1 is 1.38 bits per heavy atom. The Hall–Kier alpha value is -1.51. The van der Waals surface area contributed by atoms with Crippen molar-refractivity contribution in [2.45, 2.75) is 39.3 Å². The van der Waals surface area contributed by atoms with E-state index in [0.29, 0.717) is 0 Å². The van der Waals surface area contributed by atoms with Crippen LogP contribution in [0.1, 0.15) is 33.3 Å². The molecular weight excluding hydrogens is 200 g/mol. The van der Waals surface area contributed by atoms with Gasteiger partial charge in [0.15, 0.2) is 0 Å². The summed E-state index contributed by atoms with van der Waals surface area (Å²) in [4.78, 5) is 0. The minimum Gasteiger partial charge on any atom is -0.486 e. The second-order valence-corrected chi connectivity index (χ2v) is 5.08. The van der Waals surface area contributed by atoms with Gasteiger partial charge < -0.3 is 4.74 Å². The third kappa shape index (κ3) is 2.18. The van der Waals surface area contributed by atoms with Gasteiger partial charge in [-0.3, -0.25) is 4.68 Å². The van der Waals surface area contributed by atoms with Crippen molar-refractivity contribution >= 4 is 5.76 Å². The van der Waals surface area contributed by atoms with Crippen molar-refractivity contribution in [3.05, 3.63) is 36.2 Å². The SMILES string of the molecule is CC1C=CC=C(c2cnn(C(C)(C)C)c2)O1. The fourth-order valence-electron chi connectivity index (χ4n) is 1.56. The molecule has 2 heterocycles. The monoisotopic (exact) mass is 218 g/mol. The largest absolute Gasteiger partial charge is 0.486 e. The lowest BCUT2D eigenvalue weighted by Gasteiger charge is -2.19. The third-order valence-electron chi connectivity index (χ3n) is 2.50. The van der Waals surface area contributed by atoms with Crippen molar-refractivity contribution in [1.82, 2.24) is 9.78 Å². The van der Waals surface area contributed by atoms with E-state index in [2.05, 4.69) is 25.9 Å². The molecule has 0 N–H and O–H groups in total. The Morgan fingerprint density at radius 3 is 2.69 bits per heavy atom. The normalized spacial score (nSPS) is 20.5. The summed E-state index contributed by atoms with van der Waals surface area (Å²) < 4.78 is 7.67. The zero-order valence-corrected chi connectivity index (χ0v) is 10.3. The van der Waals surface area contributed by atoms with Gasteiger partial charge >= 0.3 is 0 Å². The van der Waals surface area contributed by atoms with Crippen molar-refractivity contribution in [3.63, 3.8) is 0 Å². The fraction of sp³-hybridized carbons (Fsp3) is 0.462. The Bertz CT molecular complexity index is 435. The molecule has 0 saturated carbocycles. The summed E-state index contributed by atoms with van der Waals surface area (Å²) in [5.74, 6) is 0.894. The van der Waals surface area contributed by atoms with E-state index in [9.17, 15) is 0 Å². The van der Waals surface area contributed by atoms with Gasteiger partial charge in [0.1, 0.15) is 11.9 Å². The highest BCUT2D eigenvalue weighted by Gasteiger charge is 2.17. The Labute approximate surface area is 96.4 Å². The molecule has 3 heteroatoms. The van der Waals surface area contributed by atoms with Gasteiger partial charge in [-0.2, -0.15) is 5.10 Å². The molecule has 86 valence electrons. The maximum Gasteiger partial charge on any atom is 0.130 e. The molecule has 1 aromatic heterocycles. The highest BCUT2D eigenvalue weighted by molar-refractivity contribution is 5.61. The average Bonchev–Trinajstić information content (AvgIpc) is 2.65. The van der Waals surface area contributed by atoms with Gasteiger partial charge in [0.05, 0.1) is 17.3 Å². The van der Waals surface area contributed by atoms with Crippen LogP contribution >= 0.6 is 0 Å². The van der Waals surface area contributed by atoms with Gasteiger partial charge in [-0.15, -0.1) is 0 Å². The van der Waals surface area contributed by atoms with Gasteiger partial charge in [0.25, 0.3) is 0 Å². The molecule has 0 aromatic carbocycles. The lowest BCUT2D eigenvalue weighted by Crippen LogP contribution is -2.21. The molecule has 0 amide bonds. The molecule has 1 unspecified atom stereocenters. The lowest BCUT2D eigenvalue weighted by molar-refractivity contribution is 0.226. The van der Waals surface area contributed by atoms with Gasteiger partial charge in [-0.25, -0.2) is 0 Å². The van der Waals surface area contributed by atoms with E-state index < -0.39 is 0 Å². The van der Waals surface area contributed by atoms with E-state index in [-0.39, 0.29) is 11.6 Å². The molecule has 0 saturated heterocycles. The Balaban J connectivity index is 2.26. The Morgan fingerprint density at radius 2 is 2.12 bits per heavy atom. The highest BCUT2D eigenvalue weighted by Crippen LogP contribution is 2.23. The summed E-state index contributed by atoms with van der Waals surface area (Å²) in [6.45, 7) is 8.41. The van der Waals surface area contributed by atoms with Crippen molar-refractivity contribution in [2.75, 3.05) is 0 Å². The van der Waals surface area contributed by atoms with Crippen molar-refractivity contribution in [1.29, 1.82) is 0 Å². The average molecular weight is 218 g/mol. The van der Waals surface area contributed by atoms with E-state index in [0.717, 1.165) is 11.3 Å². The highest BCUT2D eigenvalue weighted by atomic mass is 16.5. The van der Waals surface area contributed by atoms with Crippen LogP contribution < -0.4 is 0 Å². The molecule has 0 spiro atoms. The second-order valence-electron chi connectivity index (χ2n) is 5.08. The van der Waals surface area contributed by atoms with Crippen LogP contribution in [0.25, 0.3) is 5.76 Å². The summed E-state index contributed by atoms with van der Waals surface area (Å²) >= 11 is 0. The standard InChI is InChI=1S/C13H18N2O/c1-10-6-5-7-12(16-10)11-8-14-15(9-11)13(2,3)4/h5-10H,1-4H3. The van der Waals surface area contributed by atoms with Crippen LogP contribution in [-0.2, 0) is 10.3 Å². The van der Waals surface area contributed by atoms with Gasteiger partial charge in [0.2, 0.25) is 0 Å². The lowest BCUT2D eigenvalue weighted by atomic mass is 10.1. The first kappa shape index (κ1) is 11.0. The molecule has 1 aliphatic rings. The van der Waals surface area contributed by atoms with Crippen LogP contribution in [0.5, 0.6) is 0 Å². The summed E-state index contributed by atoms with van der Waals surface area (Å²) in [6, 6.07) is 0. The number of ether oxygens (including phenoxy) is 1. The van der Waals surface area contributed by atoms with Crippen molar-refractivity contribution < 1.29 is 4.74 Å². The van der Waals surface area contributed by atoms with Crippen LogP contribution in [-0.4, -0.2) is 15.9 Å². The van der Waals surface area contributed by atoms with E-state index >= 15 is 0 Å². The molecule has 1 aromatic rings. The van der Waals surface area contributed by atoms with Gasteiger partial charge in [0, 0.05) is 6.20 Å². The van der Waals surface area contributed by atoms with Gasteiger partial charge in [-0.05, 0) is 39.8 Å². The Kier molecular flexibility index (Phi) is 2.62. The maximum absolute atomic E-state index is 5.72. The molecule has 16 heavy (non-hydrogen) atoms. The number of allylic oxidation sites excluding steroid dienone is 2. The minimum absolute atomic E-state index is 0.00886. The summed E-state index contributed by atoms with van der Waals surface area (Å²) in [5.41, 5.74) is 1.04. The topological polar surface area (TPSA) is 27.1 Å². The fourth-order valence-corrected chi connectivity index (χ4v) is 1.56. The maximum atomic E-state index is 5.72. The van der Waals surface area contributed by atoms with Crippen LogP contribution in [0.15, 0.2) is 30.6 Å². The van der Waals surface area contributed by atoms with E-state index in [4.69, 9.17) is 4.74 Å². The molecule has 0 bridgehead atoms. The van der Waals surface area contributed by atoms with Crippen LogP contribution in [0.3, 0.4) is 0 Å². The number of aromatic nitrogens is 2. The smallest absolute Gasteiger partial charge is 0.130 e. The predicted molar refractivity (Wildman–Crippen MR) is 64.9 cm³/mol. The van der Waals surface area contributed by atoms with Crippen LogP contribution in [0.2, 0.25) is 0 Å². The van der Waals surface area contributed by atoms with Crippen LogP contribution in [0, 0.1) is 0 Å². The van der Waals surface area contributed by atoms with E-state index in [1.54, 1.807) is 0 Å². The summed E-state index contributed by atoms with van der Waals surface area (Å²) in [5, 5.41) is 4.36. The minimum atomic E-state index is 0.00886. The molecule has 2 rings (SSSR count). The predicted octanol–water partition coefficient (Wildman–Crippen LogP) is 2.95.